The summed E-state index contributed by atoms with van der Waals surface area (Å²) < 4.78 is 29.4. The number of aryl methyl sites for hydroxylation is 1. The molecule has 1 fully saturated rings. The maximum Gasteiger partial charge on any atom is 0.273 e. The van der Waals surface area contributed by atoms with E-state index in [1.807, 2.05) is 6.92 Å². The maximum atomic E-state index is 11.8. The molecule has 1 aliphatic heterocycles. The molecule has 4 N–H and O–H groups in total. The van der Waals surface area contributed by atoms with E-state index in [1.165, 1.54) is 32.1 Å². The maximum absolute atomic E-state index is 11.8. The lowest BCUT2D eigenvalue weighted by Gasteiger charge is -2.42. The molecule has 0 spiro atoms. The third kappa shape index (κ3) is 4.48. The van der Waals surface area contributed by atoms with Crippen molar-refractivity contribution in [2.24, 2.45) is 11.1 Å². The number of aliphatic hydroxyl groups excluding tert-OH is 1. The number of nitrogens with two attached hydrogens (primary N) is 1. The van der Waals surface area contributed by atoms with E-state index in [-0.39, 0.29) is 5.88 Å². The highest BCUT2D eigenvalue weighted by molar-refractivity contribution is 7.89. The molecule has 0 saturated heterocycles. The number of aromatic nitrogens is 2. The molecular formula is C19H32N4O4S. The van der Waals surface area contributed by atoms with Gasteiger partial charge in [-0.15, -0.1) is 0 Å². The molecular weight excluding hydrogens is 380 g/mol. The summed E-state index contributed by atoms with van der Waals surface area (Å²) in [5, 5.41) is 19.2. The Hall–Kier alpha value is -1.29. The van der Waals surface area contributed by atoms with Gasteiger partial charge in [0.05, 0.1) is 17.3 Å². The first kappa shape index (κ1) is 21.4. The number of hydrogen-bond donors (Lipinski definition) is 3. The zero-order chi connectivity index (χ0) is 20.5. The van der Waals surface area contributed by atoms with E-state index in [1.54, 1.807) is 13.8 Å². The summed E-state index contributed by atoms with van der Waals surface area (Å²) in [7, 11) is -4.05. The van der Waals surface area contributed by atoms with Crippen LogP contribution >= 0.6 is 0 Å². The van der Waals surface area contributed by atoms with Crippen molar-refractivity contribution in [2.45, 2.75) is 88.6 Å². The Morgan fingerprint density at radius 2 is 1.93 bits per heavy atom. The number of nitrogens with zero attached hydrogens (tertiary/aromatic N) is 2. The average molecular weight is 413 g/mol. The molecule has 2 atom stereocenters. The number of aliphatic hydroxyl groups is 1. The number of hydrogen-bond acceptors (Lipinski definition) is 7. The van der Waals surface area contributed by atoms with Crippen molar-refractivity contribution in [3.8, 4) is 5.88 Å². The number of primary sulfonamides is 1. The van der Waals surface area contributed by atoms with Gasteiger partial charge in [-0.2, -0.15) is 4.98 Å². The van der Waals surface area contributed by atoms with Gasteiger partial charge in [-0.3, -0.25) is 0 Å². The molecule has 1 aromatic rings. The van der Waals surface area contributed by atoms with E-state index in [0.29, 0.717) is 17.7 Å². The molecule has 1 saturated carbocycles. The monoisotopic (exact) mass is 412 g/mol. The molecule has 9 heteroatoms. The topological polar surface area (TPSA) is 127 Å². The van der Waals surface area contributed by atoms with Crippen molar-refractivity contribution < 1.29 is 18.3 Å². The van der Waals surface area contributed by atoms with Crippen molar-refractivity contribution in [3.63, 3.8) is 0 Å². The molecule has 28 heavy (non-hydrogen) atoms. The van der Waals surface area contributed by atoms with Crippen LogP contribution in [0.3, 0.4) is 0 Å². The van der Waals surface area contributed by atoms with E-state index in [4.69, 9.17) is 9.88 Å². The van der Waals surface area contributed by atoms with Crippen LogP contribution in [0.1, 0.15) is 76.6 Å². The van der Waals surface area contributed by atoms with Gasteiger partial charge in [-0.05, 0) is 39.2 Å². The van der Waals surface area contributed by atoms with E-state index >= 15 is 0 Å². The van der Waals surface area contributed by atoms with Crippen LogP contribution in [0.5, 0.6) is 5.88 Å². The summed E-state index contributed by atoms with van der Waals surface area (Å²) >= 11 is 0. The van der Waals surface area contributed by atoms with Crippen LogP contribution in [0.2, 0.25) is 0 Å². The van der Waals surface area contributed by atoms with Gasteiger partial charge in [0.25, 0.3) is 15.2 Å². The van der Waals surface area contributed by atoms with Gasteiger partial charge in [-0.25, -0.2) is 18.5 Å². The Labute approximate surface area is 167 Å². The SMILES string of the molecule is CCc1nc(S(N)(=O)=O)nc2c1C(NCCC1CCCCC1)C(O)C(C)(C)O2. The molecule has 8 nitrogen and oxygen atoms in total. The number of sulfonamides is 1. The van der Waals surface area contributed by atoms with Gasteiger partial charge in [0.15, 0.2) is 0 Å². The van der Waals surface area contributed by atoms with E-state index in [0.717, 1.165) is 18.9 Å². The lowest BCUT2D eigenvalue weighted by atomic mass is 9.85. The number of nitrogens with one attached hydrogen (secondary N) is 1. The van der Waals surface area contributed by atoms with Crippen molar-refractivity contribution in [1.82, 2.24) is 15.3 Å². The van der Waals surface area contributed by atoms with Crippen LogP contribution in [-0.2, 0) is 16.4 Å². The molecule has 2 unspecified atom stereocenters. The molecule has 0 amide bonds. The zero-order valence-corrected chi connectivity index (χ0v) is 17.8. The van der Waals surface area contributed by atoms with Gasteiger partial charge >= 0.3 is 0 Å². The Morgan fingerprint density at radius 3 is 2.54 bits per heavy atom. The standard InChI is InChI=1S/C19H32N4O4S/c1-4-13-14-15(21-11-10-12-8-6-5-7-9-12)16(24)19(2,3)27-17(14)23-18(22-13)28(20,25)26/h12,15-16,21,24H,4-11H2,1-3H3,(H2,20,25,26). The Balaban J connectivity index is 1.89. The quantitative estimate of drug-likeness (QED) is 0.608. The Morgan fingerprint density at radius 1 is 1.25 bits per heavy atom. The summed E-state index contributed by atoms with van der Waals surface area (Å²) in [6.07, 6.45) is 7.16. The molecule has 1 aliphatic carbocycles. The summed E-state index contributed by atoms with van der Waals surface area (Å²) in [5.41, 5.74) is 0.230. The van der Waals surface area contributed by atoms with Gasteiger partial charge < -0.3 is 15.2 Å². The molecule has 1 aromatic heterocycles. The fraction of sp³-hybridized carbons (Fsp3) is 0.789. The lowest BCUT2D eigenvalue weighted by Crippen LogP contribution is -2.53. The Kier molecular flexibility index (Phi) is 6.29. The minimum absolute atomic E-state index is 0.182. The van der Waals surface area contributed by atoms with E-state index < -0.39 is 32.9 Å². The predicted molar refractivity (Wildman–Crippen MR) is 105 cm³/mol. The molecule has 2 heterocycles. The highest BCUT2D eigenvalue weighted by Crippen LogP contribution is 2.40. The van der Waals surface area contributed by atoms with Crippen LogP contribution < -0.4 is 15.2 Å². The summed E-state index contributed by atoms with van der Waals surface area (Å²) in [6, 6.07) is -0.424. The van der Waals surface area contributed by atoms with Gasteiger partial charge in [0.2, 0.25) is 5.88 Å². The Bertz CT molecular complexity index is 806. The number of ether oxygens (including phenoxy) is 1. The van der Waals surface area contributed by atoms with Gasteiger partial charge in [0, 0.05) is 0 Å². The largest absolute Gasteiger partial charge is 0.468 e. The van der Waals surface area contributed by atoms with Crippen LogP contribution in [0.4, 0.5) is 0 Å². The predicted octanol–water partition coefficient (Wildman–Crippen LogP) is 1.82. The van der Waals surface area contributed by atoms with Crippen molar-refractivity contribution in [2.75, 3.05) is 6.54 Å². The van der Waals surface area contributed by atoms with Gasteiger partial charge in [-0.1, -0.05) is 39.0 Å². The molecule has 3 rings (SSSR count). The molecule has 2 aliphatic rings. The molecule has 158 valence electrons. The van der Waals surface area contributed by atoms with Crippen LogP contribution in [-0.4, -0.2) is 41.7 Å². The minimum atomic E-state index is -4.05. The summed E-state index contributed by atoms with van der Waals surface area (Å²) in [4.78, 5) is 8.22. The van der Waals surface area contributed by atoms with Crippen LogP contribution in [0, 0.1) is 5.92 Å². The second-order valence-corrected chi connectivity index (χ2v) is 9.90. The zero-order valence-electron chi connectivity index (χ0n) is 16.9. The van der Waals surface area contributed by atoms with E-state index in [9.17, 15) is 13.5 Å². The molecule has 0 radical (unpaired) electrons. The van der Waals surface area contributed by atoms with Crippen LogP contribution in [0.25, 0.3) is 0 Å². The third-order valence-electron chi connectivity index (χ3n) is 5.90. The highest BCUT2D eigenvalue weighted by Gasteiger charge is 2.45. The molecule has 0 aromatic carbocycles. The second-order valence-electron chi connectivity index (χ2n) is 8.45. The minimum Gasteiger partial charge on any atom is -0.468 e. The first-order valence-corrected chi connectivity index (χ1v) is 11.7. The van der Waals surface area contributed by atoms with Crippen molar-refractivity contribution >= 4 is 10.0 Å². The highest BCUT2D eigenvalue weighted by atomic mass is 32.2. The average Bonchev–Trinajstić information content (AvgIpc) is 2.63. The van der Waals surface area contributed by atoms with Crippen LogP contribution in [0.15, 0.2) is 5.16 Å². The number of fused-ring (bicyclic) bond motifs is 1. The van der Waals surface area contributed by atoms with Crippen molar-refractivity contribution in [1.29, 1.82) is 0 Å². The van der Waals surface area contributed by atoms with E-state index in [2.05, 4.69) is 15.3 Å². The fourth-order valence-electron chi connectivity index (χ4n) is 4.26. The third-order valence-corrected chi connectivity index (χ3v) is 6.59. The van der Waals surface area contributed by atoms with Crippen molar-refractivity contribution in [3.05, 3.63) is 11.3 Å². The first-order valence-electron chi connectivity index (χ1n) is 10.2. The number of rotatable bonds is 6. The second kappa shape index (κ2) is 8.22. The lowest BCUT2D eigenvalue weighted by molar-refractivity contribution is -0.0686. The summed E-state index contributed by atoms with van der Waals surface area (Å²) in [5.74, 6) is 0.902. The summed E-state index contributed by atoms with van der Waals surface area (Å²) in [6.45, 7) is 6.17. The normalized spacial score (nSPS) is 25.2. The smallest absolute Gasteiger partial charge is 0.273 e. The first-order chi connectivity index (χ1) is 13.1. The van der Waals surface area contributed by atoms with Gasteiger partial charge in [0.1, 0.15) is 11.7 Å². The fourth-order valence-corrected chi connectivity index (χ4v) is 4.71. The molecule has 0 bridgehead atoms.